The van der Waals surface area contributed by atoms with E-state index in [1.54, 1.807) is 0 Å². The van der Waals surface area contributed by atoms with Crippen molar-refractivity contribution >= 4 is 15.7 Å². The topological polar surface area (TPSA) is 116 Å². The molecule has 0 fully saturated rings. The highest BCUT2D eigenvalue weighted by Crippen LogP contribution is 2.32. The van der Waals surface area contributed by atoms with E-state index < -0.39 is 56.4 Å². The number of amides is 1. The van der Waals surface area contributed by atoms with E-state index >= 15 is 0 Å². The number of carbonyl (C=O) groups is 1. The molecule has 0 radical (unpaired) electrons. The molecule has 2 aromatic carbocycles. The standard InChI is InChI=1S/C26H33F3N2O5S/c1-25(2,3)30-14-16-10-11-20-17(12-16)6-4-9-21(20)31-24(34)23(33)22(32)15-37(35,36)19-8-5-7-18(13-19)26(27,28)29/h5,7-8,10-13,21-23,30,32-33H,4,6,9,14-15H2,1-3H3,(H,31,34)/t21-,22-,23-/m1/s1. The maximum absolute atomic E-state index is 12.9. The lowest BCUT2D eigenvalue weighted by atomic mass is 9.86. The molecule has 37 heavy (non-hydrogen) atoms. The maximum atomic E-state index is 12.9. The van der Waals surface area contributed by atoms with E-state index in [4.69, 9.17) is 0 Å². The highest BCUT2D eigenvalue weighted by molar-refractivity contribution is 7.91. The van der Waals surface area contributed by atoms with Crippen molar-refractivity contribution in [2.45, 2.75) is 81.4 Å². The van der Waals surface area contributed by atoms with Gasteiger partial charge in [0.05, 0.1) is 22.3 Å². The average molecular weight is 543 g/mol. The highest BCUT2D eigenvalue weighted by atomic mass is 32.2. The van der Waals surface area contributed by atoms with Gasteiger partial charge in [-0.3, -0.25) is 4.79 Å². The summed E-state index contributed by atoms with van der Waals surface area (Å²) in [6, 6.07) is 8.60. The van der Waals surface area contributed by atoms with Crippen molar-refractivity contribution in [1.82, 2.24) is 10.6 Å². The molecule has 3 rings (SSSR count). The monoisotopic (exact) mass is 542 g/mol. The predicted molar refractivity (Wildman–Crippen MR) is 132 cm³/mol. The van der Waals surface area contributed by atoms with E-state index in [-0.39, 0.29) is 5.54 Å². The predicted octanol–water partition coefficient (Wildman–Crippen LogP) is 3.28. The third kappa shape index (κ3) is 7.76. The van der Waals surface area contributed by atoms with E-state index in [0.717, 1.165) is 47.7 Å². The third-order valence-corrected chi connectivity index (χ3v) is 7.96. The van der Waals surface area contributed by atoms with Gasteiger partial charge in [-0.05, 0) is 74.9 Å². The summed E-state index contributed by atoms with van der Waals surface area (Å²) < 4.78 is 64.0. The van der Waals surface area contributed by atoms with Gasteiger partial charge in [0.1, 0.15) is 6.10 Å². The molecule has 1 aliphatic rings. The number of nitrogens with one attached hydrogen (secondary N) is 2. The molecule has 4 N–H and O–H groups in total. The van der Waals surface area contributed by atoms with Crippen LogP contribution in [-0.2, 0) is 33.8 Å². The summed E-state index contributed by atoms with van der Waals surface area (Å²) in [6.07, 6.45) is -6.65. The molecule has 1 amide bonds. The Morgan fingerprint density at radius 3 is 2.46 bits per heavy atom. The van der Waals surface area contributed by atoms with E-state index in [2.05, 4.69) is 37.5 Å². The van der Waals surface area contributed by atoms with Gasteiger partial charge in [-0.1, -0.05) is 24.3 Å². The van der Waals surface area contributed by atoms with Crippen molar-refractivity contribution in [2.75, 3.05) is 5.75 Å². The number of aliphatic hydroxyl groups is 2. The van der Waals surface area contributed by atoms with Crippen LogP contribution >= 0.6 is 0 Å². The first-order valence-electron chi connectivity index (χ1n) is 12.0. The zero-order valence-electron chi connectivity index (χ0n) is 21.0. The Hall–Kier alpha value is -2.47. The third-order valence-electron chi connectivity index (χ3n) is 6.20. The van der Waals surface area contributed by atoms with Gasteiger partial charge in [0, 0.05) is 12.1 Å². The summed E-state index contributed by atoms with van der Waals surface area (Å²) in [5, 5.41) is 26.7. The second-order valence-corrected chi connectivity index (χ2v) is 12.4. The Morgan fingerprint density at radius 1 is 1.11 bits per heavy atom. The first kappa shape index (κ1) is 29.1. The van der Waals surface area contributed by atoms with Crippen LogP contribution in [-0.4, -0.2) is 48.0 Å². The molecule has 0 aromatic heterocycles. The van der Waals surface area contributed by atoms with Crippen LogP contribution in [0.25, 0.3) is 0 Å². The van der Waals surface area contributed by atoms with Crippen LogP contribution in [0.3, 0.4) is 0 Å². The molecule has 2 aromatic rings. The molecule has 3 atom stereocenters. The molecular formula is C26H33F3N2O5S. The van der Waals surface area contributed by atoms with Gasteiger partial charge in [-0.25, -0.2) is 8.42 Å². The molecule has 11 heteroatoms. The Balaban J connectivity index is 1.67. The maximum Gasteiger partial charge on any atom is 0.416 e. The Bertz CT molecular complexity index is 1230. The number of hydrogen-bond donors (Lipinski definition) is 4. The summed E-state index contributed by atoms with van der Waals surface area (Å²) in [4.78, 5) is 12.0. The van der Waals surface area contributed by atoms with E-state index in [0.29, 0.717) is 19.0 Å². The normalized spacial score (nSPS) is 18.1. The van der Waals surface area contributed by atoms with Crippen molar-refractivity contribution in [3.8, 4) is 0 Å². The Morgan fingerprint density at radius 2 is 1.81 bits per heavy atom. The lowest BCUT2D eigenvalue weighted by Crippen LogP contribution is -2.46. The second-order valence-electron chi connectivity index (χ2n) is 10.4. The van der Waals surface area contributed by atoms with Crippen molar-refractivity contribution in [3.05, 3.63) is 64.7 Å². The molecule has 0 saturated carbocycles. The summed E-state index contributed by atoms with van der Waals surface area (Å²) >= 11 is 0. The highest BCUT2D eigenvalue weighted by Gasteiger charge is 2.34. The number of hydrogen-bond acceptors (Lipinski definition) is 6. The van der Waals surface area contributed by atoms with Gasteiger partial charge in [0.25, 0.3) is 5.91 Å². The molecule has 204 valence electrons. The molecule has 0 spiro atoms. The van der Waals surface area contributed by atoms with Crippen LogP contribution in [0.1, 0.15) is 61.9 Å². The first-order valence-corrected chi connectivity index (χ1v) is 13.7. The average Bonchev–Trinajstić information content (AvgIpc) is 2.81. The van der Waals surface area contributed by atoms with Gasteiger partial charge in [0.2, 0.25) is 0 Å². The zero-order chi connectivity index (χ0) is 27.6. The molecule has 1 aliphatic carbocycles. The number of sulfone groups is 1. The minimum atomic E-state index is -4.75. The molecular weight excluding hydrogens is 509 g/mol. The van der Waals surface area contributed by atoms with Gasteiger partial charge >= 0.3 is 6.18 Å². The van der Waals surface area contributed by atoms with Crippen LogP contribution in [0.4, 0.5) is 13.2 Å². The van der Waals surface area contributed by atoms with Crippen molar-refractivity contribution in [2.24, 2.45) is 0 Å². The Labute approximate surface area is 215 Å². The van der Waals surface area contributed by atoms with Crippen LogP contribution in [0.5, 0.6) is 0 Å². The number of fused-ring (bicyclic) bond motifs is 1. The number of benzene rings is 2. The number of rotatable bonds is 8. The fraction of sp³-hybridized carbons (Fsp3) is 0.500. The van der Waals surface area contributed by atoms with Crippen molar-refractivity contribution < 1.29 is 36.6 Å². The SMILES string of the molecule is CC(C)(C)NCc1ccc2c(c1)CCC[C@H]2NC(=O)[C@H](O)[C@H](O)CS(=O)(=O)c1cccc(C(F)(F)F)c1. The number of aliphatic hydroxyl groups excluding tert-OH is 2. The van der Waals surface area contributed by atoms with E-state index in [9.17, 15) is 36.6 Å². The molecule has 0 heterocycles. The van der Waals surface area contributed by atoms with Crippen LogP contribution in [0, 0.1) is 0 Å². The summed E-state index contributed by atoms with van der Waals surface area (Å²) in [5.74, 6) is -2.07. The largest absolute Gasteiger partial charge is 0.416 e. The molecule has 0 aliphatic heterocycles. The minimum absolute atomic E-state index is 0.0437. The van der Waals surface area contributed by atoms with Gasteiger partial charge in [-0.2, -0.15) is 13.2 Å². The fourth-order valence-corrected chi connectivity index (χ4v) is 5.62. The van der Waals surface area contributed by atoms with Crippen LogP contribution in [0.2, 0.25) is 0 Å². The molecule has 7 nitrogen and oxygen atoms in total. The van der Waals surface area contributed by atoms with Crippen LogP contribution < -0.4 is 10.6 Å². The fourth-order valence-electron chi connectivity index (χ4n) is 4.20. The minimum Gasteiger partial charge on any atom is -0.389 e. The second kappa shape index (κ2) is 11.1. The lowest BCUT2D eigenvalue weighted by molar-refractivity contribution is -0.137. The number of halogens is 3. The van der Waals surface area contributed by atoms with Crippen LogP contribution in [0.15, 0.2) is 47.4 Å². The summed E-state index contributed by atoms with van der Waals surface area (Å²) in [6.45, 7) is 6.89. The number of carbonyl (C=O) groups excluding carboxylic acids is 1. The summed E-state index contributed by atoms with van der Waals surface area (Å²) in [5.41, 5.74) is 1.84. The van der Waals surface area contributed by atoms with Crippen molar-refractivity contribution in [3.63, 3.8) is 0 Å². The van der Waals surface area contributed by atoms with Gasteiger partial charge in [-0.15, -0.1) is 0 Å². The van der Waals surface area contributed by atoms with Gasteiger partial charge in [0.15, 0.2) is 15.9 Å². The van der Waals surface area contributed by atoms with Crippen molar-refractivity contribution in [1.29, 1.82) is 0 Å². The molecule has 0 unspecified atom stereocenters. The van der Waals surface area contributed by atoms with E-state index in [1.165, 1.54) is 0 Å². The lowest BCUT2D eigenvalue weighted by Gasteiger charge is -2.29. The quantitative estimate of drug-likeness (QED) is 0.407. The number of alkyl halides is 3. The Kier molecular flexibility index (Phi) is 8.73. The molecule has 0 bridgehead atoms. The van der Waals surface area contributed by atoms with E-state index in [1.807, 2.05) is 12.1 Å². The zero-order valence-corrected chi connectivity index (χ0v) is 21.8. The smallest absolute Gasteiger partial charge is 0.389 e. The molecule has 0 saturated heterocycles. The summed E-state index contributed by atoms with van der Waals surface area (Å²) in [7, 11) is -4.42. The number of aryl methyl sites for hydroxylation is 1. The first-order chi connectivity index (χ1) is 17.1. The van der Waals surface area contributed by atoms with Gasteiger partial charge < -0.3 is 20.8 Å².